The summed E-state index contributed by atoms with van der Waals surface area (Å²) in [6, 6.07) is 41.6. The summed E-state index contributed by atoms with van der Waals surface area (Å²) >= 11 is 12.1. The van der Waals surface area contributed by atoms with Gasteiger partial charge in [-0.15, -0.1) is 0 Å². The zero-order chi connectivity index (χ0) is 75.9. The van der Waals surface area contributed by atoms with E-state index in [0.717, 1.165) is 78.1 Å². The number of carbonyl (C=O) groups is 3. The molecular weight excluding hydrogens is 1390 g/mol. The van der Waals surface area contributed by atoms with Crippen molar-refractivity contribution in [2.45, 2.75) is 111 Å². The first-order chi connectivity index (χ1) is 50.7. The average Bonchev–Trinajstić information content (AvgIpc) is 1.60. The lowest BCUT2D eigenvalue weighted by atomic mass is 10.0. The van der Waals surface area contributed by atoms with Gasteiger partial charge in [0.25, 0.3) is 0 Å². The minimum absolute atomic E-state index is 0.139. The molecule has 0 saturated heterocycles. The molecule has 3 atom stereocenters. The Balaban J connectivity index is 0.000000149. The summed E-state index contributed by atoms with van der Waals surface area (Å²) in [6.07, 6.45) is 6.42. The molecule has 26 heteroatoms. The van der Waals surface area contributed by atoms with E-state index < -0.39 is 47.4 Å². The minimum atomic E-state index is -1.07. The Morgan fingerprint density at radius 1 is 0.443 bits per heavy atom. The van der Waals surface area contributed by atoms with Crippen molar-refractivity contribution in [2.24, 2.45) is 21.1 Å². The number of aryl methyl sites for hydroxylation is 8. The molecule has 0 aliphatic heterocycles. The van der Waals surface area contributed by atoms with Gasteiger partial charge in [-0.25, -0.2) is 29.3 Å². The number of pyridine rings is 3. The lowest BCUT2D eigenvalue weighted by Gasteiger charge is -2.17. The highest BCUT2D eigenvalue weighted by Crippen LogP contribution is 2.34. The number of carboxylic acid groups (broad SMARTS) is 3. The van der Waals surface area contributed by atoms with Crippen molar-refractivity contribution in [3.63, 3.8) is 0 Å². The second-order valence-electron chi connectivity index (χ2n) is 26.8. The van der Waals surface area contributed by atoms with Gasteiger partial charge < -0.3 is 29.0 Å². The number of fused-ring (bicyclic) bond motifs is 6. The van der Waals surface area contributed by atoms with Crippen LogP contribution in [0.25, 0.3) is 66.2 Å². The monoisotopic (exact) mass is 1460 g/mol. The van der Waals surface area contributed by atoms with Crippen LogP contribution in [0, 0.1) is 68.6 Å². The molecular formula is C80H73Cl2N15O9. The second-order valence-corrected chi connectivity index (χ2v) is 27.6. The maximum atomic E-state index is 14.0. The summed E-state index contributed by atoms with van der Waals surface area (Å²) < 4.78 is 15.2. The van der Waals surface area contributed by atoms with Gasteiger partial charge in [-0.1, -0.05) is 85.1 Å². The van der Waals surface area contributed by atoms with Gasteiger partial charge in [-0.2, -0.15) is 15.8 Å². The SMILES string of the molecule is CCCC(CC(=O)O)n1c(=O)n(Cc2cn(C)c3cc(C)cc(C)c23)c2ccc(C#N)nc21.Cc1cc(C)c2c(Cn3c(=O)n([C@H](CC(=O)O)c4ccc(Cl)cc4)c4nc(C#N)ccc43)cn(C)c2c1.Cc1cccc2c1c(Cn1c(=O)n([C@H](CC(=O)O)c3ccc(Cl)cc3)c3nc(C#N)ccc31)cn2C. The first-order valence-electron chi connectivity index (χ1n) is 34.1. The highest BCUT2D eigenvalue weighted by Gasteiger charge is 2.30. The molecule has 5 aromatic carbocycles. The number of hydrogen-bond donors (Lipinski definition) is 3. The van der Waals surface area contributed by atoms with Crippen molar-refractivity contribution in [1.29, 1.82) is 15.8 Å². The van der Waals surface area contributed by atoms with Crippen LogP contribution in [-0.4, -0.2) is 89.3 Å². The molecule has 9 heterocycles. The molecule has 14 aromatic rings. The molecule has 14 rings (SSSR count). The fraction of sp³-hybridized carbons (Fsp3) is 0.250. The third-order valence-electron chi connectivity index (χ3n) is 19.3. The van der Waals surface area contributed by atoms with Crippen LogP contribution in [0.15, 0.2) is 160 Å². The molecule has 0 radical (unpaired) electrons. The summed E-state index contributed by atoms with van der Waals surface area (Å²) in [5, 5.41) is 61.4. The maximum Gasteiger partial charge on any atom is 0.331 e. The Labute approximate surface area is 616 Å². The predicted octanol–water partition coefficient (Wildman–Crippen LogP) is 13.6. The number of carboxylic acids is 3. The Morgan fingerprint density at radius 2 is 0.792 bits per heavy atom. The van der Waals surface area contributed by atoms with Crippen molar-refractivity contribution < 1.29 is 29.7 Å². The molecule has 0 spiro atoms. The normalized spacial score (nSPS) is 12.2. The van der Waals surface area contributed by atoms with Crippen LogP contribution in [0.5, 0.6) is 0 Å². The summed E-state index contributed by atoms with van der Waals surface area (Å²) in [6.45, 7) is 13.1. The molecule has 0 saturated carbocycles. The number of nitrogens with zero attached hydrogens (tertiary/aromatic N) is 15. The van der Waals surface area contributed by atoms with E-state index in [1.54, 1.807) is 98.6 Å². The number of hydrogen-bond acceptors (Lipinski definition) is 12. The highest BCUT2D eigenvalue weighted by molar-refractivity contribution is 6.30. The van der Waals surface area contributed by atoms with Crippen LogP contribution in [-0.2, 0) is 55.2 Å². The van der Waals surface area contributed by atoms with Crippen LogP contribution in [0.3, 0.4) is 0 Å². The first kappa shape index (κ1) is 73.2. The maximum absolute atomic E-state index is 14.0. The van der Waals surface area contributed by atoms with Crippen LogP contribution < -0.4 is 17.1 Å². The molecule has 0 aliphatic carbocycles. The molecule has 0 fully saturated rings. The van der Waals surface area contributed by atoms with E-state index >= 15 is 0 Å². The summed E-state index contributed by atoms with van der Waals surface area (Å²) in [5.74, 6) is -3.11. The zero-order valence-electron chi connectivity index (χ0n) is 59.5. The van der Waals surface area contributed by atoms with Gasteiger partial charge in [-0.3, -0.25) is 41.8 Å². The predicted molar refractivity (Wildman–Crippen MR) is 406 cm³/mol. The molecule has 0 amide bonds. The van der Waals surface area contributed by atoms with E-state index in [1.165, 1.54) is 19.3 Å². The number of aliphatic carboxylic acids is 3. The van der Waals surface area contributed by atoms with Crippen LogP contribution in [0.2, 0.25) is 10.0 Å². The van der Waals surface area contributed by atoms with Crippen molar-refractivity contribution in [1.82, 2.24) is 56.1 Å². The van der Waals surface area contributed by atoms with Crippen molar-refractivity contribution in [2.75, 3.05) is 0 Å². The average molecular weight is 1460 g/mol. The molecule has 0 bridgehead atoms. The number of benzene rings is 5. The molecule has 536 valence electrons. The Bertz CT molecular complexity index is 6200. The summed E-state index contributed by atoms with van der Waals surface area (Å²) in [4.78, 5) is 90.2. The number of rotatable bonds is 19. The number of halogens is 2. The molecule has 9 aromatic heterocycles. The van der Waals surface area contributed by atoms with E-state index in [-0.39, 0.29) is 66.4 Å². The standard InChI is InChI=1S/C28H24ClN5O3.C27H22ClN5O3.C25H27N5O3/c1-16-10-17(2)26-19(14-32(3)24(26)11-16)15-33-22-9-8-21(13-30)31-27(22)34(28(33)37)23(12-25(35)36)18-4-6-20(29)7-5-18;1-16-4-3-5-21-25(16)18(14-31(21)2)15-32-22-11-10-20(13-29)30-26(22)33(27(32)36)23(12-24(34)35)17-6-8-19(28)9-7-17;1-5-6-19(11-22(31)32)30-24-20(8-7-18(12-26)27-24)29(25(30)33)14-17-13-28(4)21-10-15(2)9-16(3)23(17)21/h4-11,14,23H,12,15H2,1-3H3,(H,35,36);3-11,14,23H,12,15H2,1-2H3,(H,34,35);7-10,13,19H,5-6,11,14H2,1-4H3,(H,31,32)/t2*23-;/m11./s1. The van der Waals surface area contributed by atoms with E-state index in [0.29, 0.717) is 56.3 Å². The van der Waals surface area contributed by atoms with Crippen LogP contribution in [0.1, 0.15) is 130 Å². The second kappa shape index (κ2) is 30.0. The fourth-order valence-electron chi connectivity index (χ4n) is 14.9. The van der Waals surface area contributed by atoms with Crippen LogP contribution >= 0.6 is 23.2 Å². The van der Waals surface area contributed by atoms with Crippen LogP contribution in [0.4, 0.5) is 0 Å². The molecule has 1 unspecified atom stereocenters. The van der Waals surface area contributed by atoms with Gasteiger partial charge in [-0.05, 0) is 176 Å². The Kier molecular flexibility index (Phi) is 20.7. The topological polar surface area (TPSA) is 318 Å². The number of aromatic nitrogens is 12. The Hall–Kier alpha value is -12.6. The van der Waals surface area contributed by atoms with Crippen molar-refractivity contribution >= 4 is 107 Å². The van der Waals surface area contributed by atoms with Crippen molar-refractivity contribution in [3.05, 3.63) is 260 Å². The van der Waals surface area contributed by atoms with Crippen molar-refractivity contribution in [3.8, 4) is 18.2 Å². The lowest BCUT2D eigenvalue weighted by Crippen LogP contribution is -2.30. The minimum Gasteiger partial charge on any atom is -0.481 e. The van der Waals surface area contributed by atoms with E-state index in [2.05, 4.69) is 71.5 Å². The van der Waals surface area contributed by atoms with Gasteiger partial charge in [0, 0.05) is 82.5 Å². The molecule has 3 N–H and O–H groups in total. The summed E-state index contributed by atoms with van der Waals surface area (Å²) in [7, 11) is 5.92. The smallest absolute Gasteiger partial charge is 0.331 e. The number of nitriles is 3. The quantitative estimate of drug-likeness (QED) is 0.0677. The third-order valence-corrected chi connectivity index (χ3v) is 19.9. The molecule has 0 aliphatic rings. The number of imidazole rings is 3. The fourth-order valence-corrected chi connectivity index (χ4v) is 15.1. The summed E-state index contributed by atoms with van der Waals surface area (Å²) in [5.41, 5.74) is 14.9. The van der Waals surface area contributed by atoms with Gasteiger partial charge in [0.15, 0.2) is 16.9 Å². The first-order valence-corrected chi connectivity index (χ1v) is 34.8. The van der Waals surface area contributed by atoms with E-state index in [9.17, 15) is 59.9 Å². The van der Waals surface area contributed by atoms with Gasteiger partial charge in [0.1, 0.15) is 35.3 Å². The van der Waals surface area contributed by atoms with Gasteiger partial charge in [0.2, 0.25) is 0 Å². The highest BCUT2D eigenvalue weighted by atomic mass is 35.5. The van der Waals surface area contributed by atoms with E-state index in [4.69, 9.17) is 23.2 Å². The van der Waals surface area contributed by atoms with Gasteiger partial charge in [0.05, 0.1) is 73.6 Å². The van der Waals surface area contributed by atoms with E-state index in [1.807, 2.05) is 99.1 Å². The lowest BCUT2D eigenvalue weighted by molar-refractivity contribution is -0.138. The largest absolute Gasteiger partial charge is 0.481 e. The van der Waals surface area contributed by atoms with Gasteiger partial charge >= 0.3 is 35.0 Å². The zero-order valence-corrected chi connectivity index (χ0v) is 61.0. The molecule has 106 heavy (non-hydrogen) atoms. The Morgan fingerprint density at radius 3 is 1.15 bits per heavy atom. The molecule has 24 nitrogen and oxygen atoms in total. The third kappa shape index (κ3) is 14.2.